The molecule has 0 atom stereocenters. The maximum Gasteiger partial charge on any atom is 0.203 e. The van der Waals surface area contributed by atoms with Crippen LogP contribution in [0.3, 0.4) is 0 Å². The highest BCUT2D eigenvalue weighted by molar-refractivity contribution is 7.14. The van der Waals surface area contributed by atoms with Crippen LogP contribution in [0.15, 0.2) is 77.2 Å². The van der Waals surface area contributed by atoms with Gasteiger partial charge in [0.05, 0.1) is 11.9 Å². The first kappa shape index (κ1) is 15.5. The van der Waals surface area contributed by atoms with Gasteiger partial charge in [0.15, 0.2) is 0 Å². The van der Waals surface area contributed by atoms with Crippen molar-refractivity contribution in [3.05, 3.63) is 83.2 Å². The molecule has 0 unspecified atom stereocenters. The number of rotatable bonds is 4. The number of fused-ring (bicyclic) bond motifs is 1. The second kappa shape index (κ2) is 6.87. The van der Waals surface area contributed by atoms with Gasteiger partial charge in [-0.25, -0.2) is 4.98 Å². The first-order chi connectivity index (χ1) is 12.3. The van der Waals surface area contributed by atoms with Crippen LogP contribution >= 0.6 is 11.3 Å². The summed E-state index contributed by atoms with van der Waals surface area (Å²) in [6.07, 6.45) is 1.84. The predicted octanol–water partition coefficient (Wildman–Crippen LogP) is 5.72. The van der Waals surface area contributed by atoms with Crippen molar-refractivity contribution in [2.24, 2.45) is 5.10 Å². The fourth-order valence-electron chi connectivity index (χ4n) is 2.70. The van der Waals surface area contributed by atoms with E-state index in [-0.39, 0.29) is 0 Å². The van der Waals surface area contributed by atoms with Crippen molar-refractivity contribution in [2.75, 3.05) is 5.43 Å². The highest BCUT2D eigenvalue weighted by Crippen LogP contribution is 2.25. The van der Waals surface area contributed by atoms with Crippen molar-refractivity contribution >= 4 is 33.5 Å². The van der Waals surface area contributed by atoms with Gasteiger partial charge >= 0.3 is 0 Å². The summed E-state index contributed by atoms with van der Waals surface area (Å²) in [4.78, 5) is 4.60. The Morgan fingerprint density at radius 3 is 2.64 bits per heavy atom. The summed E-state index contributed by atoms with van der Waals surface area (Å²) in [5.41, 5.74) is 7.45. The van der Waals surface area contributed by atoms with E-state index in [4.69, 9.17) is 0 Å². The number of nitrogens with one attached hydrogen (secondary N) is 1. The zero-order chi connectivity index (χ0) is 17.1. The number of aryl methyl sites for hydroxylation is 1. The molecule has 0 spiro atoms. The number of thiazole rings is 1. The molecule has 0 aliphatic heterocycles. The van der Waals surface area contributed by atoms with E-state index in [0.717, 1.165) is 22.0 Å². The minimum Gasteiger partial charge on any atom is -0.253 e. The molecular formula is C21H17N3S. The fraction of sp³-hybridized carbons (Fsp3) is 0.0476. The molecule has 3 nitrogen and oxygen atoms in total. The normalized spacial score (nSPS) is 11.2. The van der Waals surface area contributed by atoms with E-state index >= 15 is 0 Å². The third-order valence-corrected chi connectivity index (χ3v) is 4.79. The minimum absolute atomic E-state index is 0.784. The number of nitrogens with zero attached hydrogens (tertiary/aromatic N) is 2. The molecule has 0 radical (unpaired) electrons. The average Bonchev–Trinajstić information content (AvgIpc) is 3.11. The Hall–Kier alpha value is -2.98. The van der Waals surface area contributed by atoms with E-state index in [1.807, 2.05) is 29.8 Å². The van der Waals surface area contributed by atoms with Crippen LogP contribution in [0.1, 0.15) is 11.1 Å². The molecule has 1 N–H and O–H groups in total. The van der Waals surface area contributed by atoms with Crippen LogP contribution in [0.5, 0.6) is 0 Å². The highest BCUT2D eigenvalue weighted by atomic mass is 32.1. The van der Waals surface area contributed by atoms with Crippen LogP contribution in [0.25, 0.3) is 22.0 Å². The molecule has 25 heavy (non-hydrogen) atoms. The number of hydrogen-bond donors (Lipinski definition) is 1. The summed E-state index contributed by atoms with van der Waals surface area (Å²) >= 11 is 1.55. The number of aromatic nitrogens is 1. The fourth-order valence-corrected chi connectivity index (χ4v) is 3.37. The van der Waals surface area contributed by atoms with Gasteiger partial charge in [-0.15, -0.1) is 11.3 Å². The standard InChI is InChI=1S/C21H17N3S/c1-15-9-11-17(12-10-15)20-14-25-21(23-20)24-22-13-18-7-4-6-16-5-2-3-8-19(16)18/h2-14H,1H3,(H,23,24)/b22-13+. The molecule has 122 valence electrons. The Labute approximate surface area is 150 Å². The van der Waals surface area contributed by atoms with Crippen molar-refractivity contribution in [3.63, 3.8) is 0 Å². The summed E-state index contributed by atoms with van der Waals surface area (Å²) in [5, 5.41) is 9.58. The van der Waals surface area contributed by atoms with E-state index in [2.05, 4.69) is 71.0 Å². The predicted molar refractivity (Wildman–Crippen MR) is 107 cm³/mol. The molecule has 0 aliphatic carbocycles. The third-order valence-electron chi connectivity index (χ3n) is 4.04. The molecule has 0 saturated heterocycles. The van der Waals surface area contributed by atoms with Crippen LogP contribution in [0.2, 0.25) is 0 Å². The maximum absolute atomic E-state index is 4.60. The van der Waals surface area contributed by atoms with Crippen LogP contribution in [-0.2, 0) is 0 Å². The number of hydrazone groups is 1. The van der Waals surface area contributed by atoms with Crippen LogP contribution in [0, 0.1) is 6.92 Å². The van der Waals surface area contributed by atoms with Gasteiger partial charge in [-0.1, -0.05) is 72.3 Å². The van der Waals surface area contributed by atoms with Crippen LogP contribution in [-0.4, -0.2) is 11.2 Å². The van der Waals surface area contributed by atoms with Gasteiger partial charge in [0, 0.05) is 16.5 Å². The van der Waals surface area contributed by atoms with Crippen molar-refractivity contribution < 1.29 is 0 Å². The zero-order valence-electron chi connectivity index (χ0n) is 13.8. The van der Waals surface area contributed by atoms with Gasteiger partial charge < -0.3 is 0 Å². The highest BCUT2D eigenvalue weighted by Gasteiger charge is 2.03. The lowest BCUT2D eigenvalue weighted by atomic mass is 10.1. The topological polar surface area (TPSA) is 37.3 Å². The molecule has 4 aromatic rings. The molecule has 4 heteroatoms. The molecule has 0 amide bonds. The van der Waals surface area contributed by atoms with Crippen molar-refractivity contribution in [2.45, 2.75) is 6.92 Å². The van der Waals surface area contributed by atoms with E-state index in [0.29, 0.717) is 0 Å². The molecule has 0 saturated carbocycles. The van der Waals surface area contributed by atoms with Crippen molar-refractivity contribution in [1.29, 1.82) is 0 Å². The number of benzene rings is 3. The van der Waals surface area contributed by atoms with Gasteiger partial charge in [-0.05, 0) is 17.7 Å². The minimum atomic E-state index is 0.784. The zero-order valence-corrected chi connectivity index (χ0v) is 14.6. The lowest BCUT2D eigenvalue weighted by Gasteiger charge is -2.01. The summed E-state index contributed by atoms with van der Waals surface area (Å²) in [5.74, 6) is 0. The average molecular weight is 343 g/mol. The number of hydrogen-bond acceptors (Lipinski definition) is 4. The van der Waals surface area contributed by atoms with E-state index < -0.39 is 0 Å². The maximum atomic E-state index is 4.60. The quantitative estimate of drug-likeness (QED) is 0.380. The second-order valence-electron chi connectivity index (χ2n) is 5.84. The van der Waals surface area contributed by atoms with Gasteiger partial charge in [-0.3, -0.25) is 5.43 Å². The Bertz CT molecular complexity index is 1030. The Morgan fingerprint density at radius 1 is 0.960 bits per heavy atom. The lowest BCUT2D eigenvalue weighted by molar-refractivity contribution is 1.29. The summed E-state index contributed by atoms with van der Waals surface area (Å²) in [6, 6.07) is 22.9. The summed E-state index contributed by atoms with van der Waals surface area (Å²) < 4.78 is 0. The molecule has 1 heterocycles. The van der Waals surface area contributed by atoms with Crippen LogP contribution < -0.4 is 5.43 Å². The third kappa shape index (κ3) is 3.44. The van der Waals surface area contributed by atoms with Gasteiger partial charge in [-0.2, -0.15) is 5.10 Å². The Balaban J connectivity index is 1.51. The molecule has 0 aliphatic rings. The van der Waals surface area contributed by atoms with Crippen LogP contribution in [0.4, 0.5) is 5.13 Å². The van der Waals surface area contributed by atoms with Gasteiger partial charge in [0.1, 0.15) is 0 Å². The summed E-state index contributed by atoms with van der Waals surface area (Å²) in [7, 11) is 0. The molecular weight excluding hydrogens is 326 g/mol. The molecule has 3 aromatic carbocycles. The van der Waals surface area contributed by atoms with Gasteiger partial charge in [0.25, 0.3) is 0 Å². The number of anilines is 1. The second-order valence-corrected chi connectivity index (χ2v) is 6.70. The Morgan fingerprint density at radius 2 is 1.76 bits per heavy atom. The lowest BCUT2D eigenvalue weighted by Crippen LogP contribution is -1.91. The van der Waals surface area contributed by atoms with Crippen molar-refractivity contribution in [1.82, 2.24) is 4.98 Å². The van der Waals surface area contributed by atoms with Gasteiger partial charge in [0.2, 0.25) is 5.13 Å². The summed E-state index contributed by atoms with van der Waals surface area (Å²) in [6.45, 7) is 2.08. The van der Waals surface area contributed by atoms with E-state index in [1.165, 1.54) is 16.3 Å². The molecule has 4 rings (SSSR count). The first-order valence-electron chi connectivity index (χ1n) is 8.09. The largest absolute Gasteiger partial charge is 0.253 e. The smallest absolute Gasteiger partial charge is 0.203 e. The Kier molecular flexibility index (Phi) is 4.27. The monoisotopic (exact) mass is 343 g/mol. The van der Waals surface area contributed by atoms with E-state index in [1.54, 1.807) is 11.3 Å². The molecule has 1 aromatic heterocycles. The van der Waals surface area contributed by atoms with E-state index in [9.17, 15) is 0 Å². The first-order valence-corrected chi connectivity index (χ1v) is 8.97. The molecule has 0 bridgehead atoms. The molecule has 0 fully saturated rings. The van der Waals surface area contributed by atoms with Crippen molar-refractivity contribution in [3.8, 4) is 11.3 Å². The SMILES string of the molecule is Cc1ccc(-c2csc(N/N=C/c3cccc4ccccc34)n2)cc1.